The van der Waals surface area contributed by atoms with Crippen molar-refractivity contribution in [3.05, 3.63) is 18.0 Å². The Morgan fingerprint density at radius 1 is 1.48 bits per heavy atom. The van der Waals surface area contributed by atoms with Gasteiger partial charge in [-0.2, -0.15) is 0 Å². The average Bonchev–Trinajstić information content (AvgIpc) is 2.81. The molecule has 1 aliphatic rings. The van der Waals surface area contributed by atoms with Gasteiger partial charge in [0.1, 0.15) is 16.7 Å². The summed E-state index contributed by atoms with van der Waals surface area (Å²) in [5.74, 6) is 0.106. The molecular weight excluding hydrogens is 314 g/mol. The van der Waals surface area contributed by atoms with Crippen LogP contribution in [0.1, 0.15) is 49.5 Å². The largest absolute Gasteiger partial charge is 0.458 e. The molecule has 1 aromatic heterocycles. The quantitative estimate of drug-likeness (QED) is 0.627. The van der Waals surface area contributed by atoms with Crippen LogP contribution in [-0.4, -0.2) is 25.1 Å². The number of hydrogen-bond donors (Lipinski definition) is 0. The SMILES string of the molecule is CCC1CCCC(OC(=O)c2cc(S(=O)(=O)Cl)cn2C)C1. The van der Waals surface area contributed by atoms with E-state index in [0.29, 0.717) is 5.92 Å². The van der Waals surface area contributed by atoms with E-state index in [9.17, 15) is 13.2 Å². The van der Waals surface area contributed by atoms with Crippen LogP contribution in [0, 0.1) is 5.92 Å². The maximum atomic E-state index is 12.2. The molecule has 21 heavy (non-hydrogen) atoms. The zero-order chi connectivity index (χ0) is 15.6. The van der Waals surface area contributed by atoms with Crippen molar-refractivity contribution in [2.45, 2.75) is 50.0 Å². The Hall–Kier alpha value is -1.01. The van der Waals surface area contributed by atoms with E-state index in [1.165, 1.54) is 23.3 Å². The fraction of sp³-hybridized carbons (Fsp3) is 0.643. The van der Waals surface area contributed by atoms with E-state index in [2.05, 4.69) is 6.92 Å². The van der Waals surface area contributed by atoms with Gasteiger partial charge >= 0.3 is 5.97 Å². The van der Waals surface area contributed by atoms with Gasteiger partial charge in [-0.1, -0.05) is 19.8 Å². The van der Waals surface area contributed by atoms with Crippen LogP contribution in [0.3, 0.4) is 0 Å². The smallest absolute Gasteiger partial charge is 0.355 e. The van der Waals surface area contributed by atoms with Crippen LogP contribution in [0.5, 0.6) is 0 Å². The lowest BCUT2D eigenvalue weighted by molar-refractivity contribution is 0.0130. The number of carbonyl (C=O) groups excluding carboxylic acids is 1. The van der Waals surface area contributed by atoms with Gasteiger partial charge in [-0.3, -0.25) is 0 Å². The molecule has 1 heterocycles. The van der Waals surface area contributed by atoms with Gasteiger partial charge in [-0.25, -0.2) is 13.2 Å². The molecule has 7 heteroatoms. The molecule has 0 saturated heterocycles. The van der Waals surface area contributed by atoms with Gasteiger partial charge in [0.25, 0.3) is 9.05 Å². The molecule has 2 atom stereocenters. The second-order valence-corrected chi connectivity index (χ2v) is 8.14. The Morgan fingerprint density at radius 2 is 2.19 bits per heavy atom. The molecule has 2 rings (SSSR count). The molecule has 0 spiro atoms. The lowest BCUT2D eigenvalue weighted by Crippen LogP contribution is -2.26. The van der Waals surface area contributed by atoms with Crippen LogP contribution in [0.2, 0.25) is 0 Å². The first-order valence-corrected chi connectivity index (χ1v) is 9.44. The van der Waals surface area contributed by atoms with E-state index in [4.69, 9.17) is 15.4 Å². The summed E-state index contributed by atoms with van der Waals surface area (Å²) in [6.45, 7) is 2.14. The lowest BCUT2D eigenvalue weighted by Gasteiger charge is -2.28. The summed E-state index contributed by atoms with van der Waals surface area (Å²) < 4.78 is 29.5. The predicted molar refractivity (Wildman–Crippen MR) is 79.9 cm³/mol. The molecule has 1 aromatic rings. The maximum absolute atomic E-state index is 12.2. The predicted octanol–water partition coefficient (Wildman–Crippen LogP) is 3.08. The van der Waals surface area contributed by atoms with Crippen molar-refractivity contribution in [3.63, 3.8) is 0 Å². The van der Waals surface area contributed by atoms with Gasteiger partial charge < -0.3 is 9.30 Å². The molecule has 0 aromatic carbocycles. The number of ether oxygens (including phenoxy) is 1. The minimum atomic E-state index is -3.84. The van der Waals surface area contributed by atoms with Gasteiger partial charge in [-0.05, 0) is 31.2 Å². The first-order valence-electron chi connectivity index (χ1n) is 7.13. The van der Waals surface area contributed by atoms with E-state index in [1.54, 1.807) is 7.05 Å². The molecule has 0 N–H and O–H groups in total. The lowest BCUT2D eigenvalue weighted by atomic mass is 9.85. The van der Waals surface area contributed by atoms with E-state index in [0.717, 1.165) is 25.7 Å². The van der Waals surface area contributed by atoms with Crippen molar-refractivity contribution in [2.75, 3.05) is 0 Å². The summed E-state index contributed by atoms with van der Waals surface area (Å²) in [5.41, 5.74) is 0.202. The molecule has 2 unspecified atom stereocenters. The van der Waals surface area contributed by atoms with Crippen molar-refractivity contribution in [1.29, 1.82) is 0 Å². The molecule has 5 nitrogen and oxygen atoms in total. The Labute approximate surface area is 129 Å². The second-order valence-electron chi connectivity index (χ2n) is 5.58. The number of aryl methyl sites for hydroxylation is 1. The molecule has 1 saturated carbocycles. The third-order valence-corrected chi connectivity index (χ3v) is 5.38. The standard InChI is InChI=1S/C14H20ClNO4S/c1-3-10-5-4-6-11(7-10)20-14(17)13-8-12(9-16(13)2)21(15,18)19/h8-11H,3-7H2,1-2H3. The van der Waals surface area contributed by atoms with Gasteiger partial charge in [0, 0.05) is 23.9 Å². The summed E-state index contributed by atoms with van der Waals surface area (Å²) in [6.07, 6.45) is 6.32. The maximum Gasteiger partial charge on any atom is 0.355 e. The van der Waals surface area contributed by atoms with E-state index in [1.807, 2.05) is 0 Å². The minimum Gasteiger partial charge on any atom is -0.458 e. The van der Waals surface area contributed by atoms with Crippen LogP contribution in [0.25, 0.3) is 0 Å². The third kappa shape index (κ3) is 4.01. The van der Waals surface area contributed by atoms with Crippen LogP contribution in [0.15, 0.2) is 17.2 Å². The van der Waals surface area contributed by atoms with Crippen LogP contribution >= 0.6 is 10.7 Å². The van der Waals surface area contributed by atoms with Crippen LogP contribution in [-0.2, 0) is 20.8 Å². The van der Waals surface area contributed by atoms with E-state index < -0.39 is 15.0 Å². The van der Waals surface area contributed by atoms with Crippen molar-refractivity contribution in [1.82, 2.24) is 4.57 Å². The highest BCUT2D eigenvalue weighted by molar-refractivity contribution is 8.13. The molecule has 1 fully saturated rings. The molecule has 0 aliphatic heterocycles. The van der Waals surface area contributed by atoms with Crippen LogP contribution in [0.4, 0.5) is 0 Å². The number of carbonyl (C=O) groups is 1. The van der Waals surface area contributed by atoms with Gasteiger partial charge in [-0.15, -0.1) is 0 Å². The Morgan fingerprint density at radius 3 is 2.76 bits per heavy atom. The molecule has 0 amide bonds. The topological polar surface area (TPSA) is 65.4 Å². The Kier molecular flexibility index (Phi) is 4.99. The zero-order valence-corrected chi connectivity index (χ0v) is 13.8. The summed E-state index contributed by atoms with van der Waals surface area (Å²) in [4.78, 5) is 12.1. The number of halogens is 1. The summed E-state index contributed by atoms with van der Waals surface area (Å²) in [6, 6.07) is 1.25. The number of aromatic nitrogens is 1. The fourth-order valence-corrected chi connectivity index (χ4v) is 3.59. The first kappa shape index (κ1) is 16.4. The number of nitrogens with zero attached hydrogens (tertiary/aromatic N) is 1. The van der Waals surface area contributed by atoms with Crippen molar-refractivity contribution in [3.8, 4) is 0 Å². The second kappa shape index (κ2) is 6.40. The molecule has 0 radical (unpaired) electrons. The minimum absolute atomic E-state index is 0.0813. The average molecular weight is 334 g/mol. The highest BCUT2D eigenvalue weighted by Crippen LogP contribution is 2.29. The highest BCUT2D eigenvalue weighted by atomic mass is 35.7. The van der Waals surface area contributed by atoms with Crippen molar-refractivity contribution in [2.24, 2.45) is 13.0 Å². The third-order valence-electron chi connectivity index (χ3n) is 4.06. The Balaban J connectivity index is 2.08. The van der Waals surface area contributed by atoms with Gasteiger partial charge in [0.05, 0.1) is 0 Å². The summed E-state index contributed by atoms with van der Waals surface area (Å²) >= 11 is 0. The van der Waals surface area contributed by atoms with Gasteiger partial charge in [0.2, 0.25) is 0 Å². The summed E-state index contributed by atoms with van der Waals surface area (Å²) in [7, 11) is 3.04. The van der Waals surface area contributed by atoms with Crippen molar-refractivity contribution < 1.29 is 17.9 Å². The first-order chi connectivity index (χ1) is 9.81. The zero-order valence-electron chi connectivity index (χ0n) is 12.2. The number of esters is 1. The monoisotopic (exact) mass is 333 g/mol. The normalized spacial score (nSPS) is 23.0. The van der Waals surface area contributed by atoms with Crippen LogP contribution < -0.4 is 0 Å². The molecule has 0 bridgehead atoms. The van der Waals surface area contributed by atoms with E-state index >= 15 is 0 Å². The molecule has 118 valence electrons. The molecule has 1 aliphatic carbocycles. The summed E-state index contributed by atoms with van der Waals surface area (Å²) in [5, 5.41) is 0. The highest BCUT2D eigenvalue weighted by Gasteiger charge is 2.26. The van der Waals surface area contributed by atoms with E-state index in [-0.39, 0.29) is 16.7 Å². The molecular formula is C14H20ClNO4S. The Bertz CT molecular complexity index is 623. The van der Waals surface area contributed by atoms with Crippen molar-refractivity contribution >= 4 is 25.7 Å². The van der Waals surface area contributed by atoms with Gasteiger partial charge in [0.15, 0.2) is 0 Å². The fourth-order valence-electron chi connectivity index (χ4n) is 2.80. The number of rotatable bonds is 4. The number of hydrogen-bond acceptors (Lipinski definition) is 4.